The summed E-state index contributed by atoms with van der Waals surface area (Å²) < 4.78 is 15.0. The van der Waals surface area contributed by atoms with Crippen LogP contribution in [0.1, 0.15) is 36.3 Å². The molecule has 0 bridgehead atoms. The predicted octanol–water partition coefficient (Wildman–Crippen LogP) is 3.88. The highest BCUT2D eigenvalue weighted by molar-refractivity contribution is 8.01. The summed E-state index contributed by atoms with van der Waals surface area (Å²) in [7, 11) is 1.95. The second-order valence-corrected chi connectivity index (χ2v) is 10.1. The largest absolute Gasteiger partial charge is 0.494 e. The van der Waals surface area contributed by atoms with Crippen molar-refractivity contribution >= 4 is 23.6 Å². The van der Waals surface area contributed by atoms with Crippen LogP contribution in [0.2, 0.25) is 0 Å². The number of carbonyl (C=O) groups is 2. The Balaban J connectivity index is 1.21. The summed E-state index contributed by atoms with van der Waals surface area (Å²) in [6.45, 7) is 4.00. The highest BCUT2D eigenvalue weighted by atomic mass is 32.2. The first-order valence-corrected chi connectivity index (χ1v) is 12.8. The third kappa shape index (κ3) is 6.88. The standard InChI is InChI=1S/C27H32N3O4S/c1-21-26(32)30(19-22-7-4-3-5-8-22)27(35-21)23-10-12-24(13-11-23)33-17-6-9-25(31)34-18-16-29-15-14-28(2)20-29/h3-5,7-8,10-15,20-21,27H,6,9,16-19H2,1-2H3/q+1. The number of esters is 1. The lowest BCUT2D eigenvalue weighted by molar-refractivity contribution is -0.671. The average molecular weight is 495 g/mol. The molecule has 1 amide bonds. The number of benzene rings is 2. The molecule has 0 radical (unpaired) electrons. The van der Waals surface area contributed by atoms with Gasteiger partial charge in [0.15, 0.2) is 0 Å². The van der Waals surface area contributed by atoms with Crippen LogP contribution in [0.5, 0.6) is 5.75 Å². The highest BCUT2D eigenvalue weighted by Crippen LogP contribution is 2.43. The molecule has 1 saturated heterocycles. The van der Waals surface area contributed by atoms with E-state index in [1.54, 1.807) is 11.8 Å². The zero-order valence-electron chi connectivity index (χ0n) is 20.2. The summed E-state index contributed by atoms with van der Waals surface area (Å²) in [5, 5.41) is -0.0822. The fourth-order valence-electron chi connectivity index (χ4n) is 3.98. The van der Waals surface area contributed by atoms with Crippen molar-refractivity contribution in [2.75, 3.05) is 13.2 Å². The van der Waals surface area contributed by atoms with Crippen molar-refractivity contribution in [2.24, 2.45) is 7.05 Å². The van der Waals surface area contributed by atoms with Gasteiger partial charge in [-0.05, 0) is 36.6 Å². The van der Waals surface area contributed by atoms with Crippen LogP contribution in [-0.2, 0) is 34.5 Å². The van der Waals surface area contributed by atoms with Crippen LogP contribution in [0.15, 0.2) is 73.3 Å². The summed E-state index contributed by atoms with van der Waals surface area (Å²) in [4.78, 5) is 26.6. The van der Waals surface area contributed by atoms with Gasteiger partial charge in [0.2, 0.25) is 12.2 Å². The molecule has 1 aromatic heterocycles. The van der Waals surface area contributed by atoms with E-state index in [-0.39, 0.29) is 22.5 Å². The monoisotopic (exact) mass is 494 g/mol. The number of nitrogens with zero attached hydrogens (tertiary/aromatic N) is 3. The third-order valence-corrected chi connectivity index (χ3v) is 7.23. The third-order valence-electron chi connectivity index (χ3n) is 5.84. The van der Waals surface area contributed by atoms with Gasteiger partial charge in [-0.3, -0.25) is 9.59 Å². The van der Waals surface area contributed by atoms with Crippen molar-refractivity contribution in [2.45, 2.75) is 43.5 Å². The van der Waals surface area contributed by atoms with Crippen LogP contribution in [0.3, 0.4) is 0 Å². The molecule has 0 aliphatic carbocycles. The molecule has 2 atom stereocenters. The van der Waals surface area contributed by atoms with E-state index in [1.165, 1.54) is 0 Å². The molecule has 184 valence electrons. The molecule has 1 fully saturated rings. The molecule has 2 heterocycles. The maximum Gasteiger partial charge on any atom is 0.306 e. The lowest BCUT2D eigenvalue weighted by atomic mass is 10.1. The maximum atomic E-state index is 12.8. The Bertz CT molecular complexity index is 1120. The van der Waals surface area contributed by atoms with E-state index >= 15 is 0 Å². The van der Waals surface area contributed by atoms with Gasteiger partial charge in [0.05, 0.1) is 18.9 Å². The van der Waals surface area contributed by atoms with Crippen molar-refractivity contribution in [3.8, 4) is 5.75 Å². The number of ether oxygens (including phenoxy) is 2. The SMILES string of the molecule is CC1SC(c2ccc(OCCCC(=O)OCCn3cc[n+](C)c3)cc2)N(Cc2ccccc2)C1=O. The quantitative estimate of drug-likeness (QED) is 0.230. The second kappa shape index (κ2) is 11.9. The Morgan fingerprint density at radius 1 is 1.09 bits per heavy atom. The van der Waals surface area contributed by atoms with Crippen molar-refractivity contribution in [1.82, 2.24) is 9.47 Å². The molecule has 2 aromatic carbocycles. The first kappa shape index (κ1) is 24.9. The van der Waals surface area contributed by atoms with Crippen LogP contribution in [0.4, 0.5) is 0 Å². The lowest BCUT2D eigenvalue weighted by Gasteiger charge is -2.24. The number of aromatic nitrogens is 2. The number of amides is 1. The van der Waals surface area contributed by atoms with Crippen LogP contribution in [-0.4, -0.2) is 39.8 Å². The summed E-state index contributed by atoms with van der Waals surface area (Å²) in [6.07, 6.45) is 6.74. The normalized spacial score (nSPS) is 17.5. The van der Waals surface area contributed by atoms with Gasteiger partial charge in [-0.15, -0.1) is 11.8 Å². The van der Waals surface area contributed by atoms with E-state index in [0.29, 0.717) is 39.1 Å². The van der Waals surface area contributed by atoms with Gasteiger partial charge in [-0.25, -0.2) is 9.13 Å². The number of rotatable bonds is 11. The molecular formula is C27H32N3O4S+. The predicted molar refractivity (Wildman–Crippen MR) is 135 cm³/mol. The summed E-state index contributed by atoms with van der Waals surface area (Å²) in [6, 6.07) is 18.0. The molecule has 3 aromatic rings. The van der Waals surface area contributed by atoms with Crippen LogP contribution in [0, 0.1) is 0 Å². The minimum absolute atomic E-state index is 0.0180. The number of carbonyl (C=O) groups excluding carboxylic acids is 2. The molecule has 0 spiro atoms. The number of aryl methyl sites for hydroxylation is 1. The zero-order valence-corrected chi connectivity index (χ0v) is 21.0. The first-order valence-electron chi connectivity index (χ1n) is 11.9. The van der Waals surface area contributed by atoms with Crippen LogP contribution >= 0.6 is 11.8 Å². The van der Waals surface area contributed by atoms with Gasteiger partial charge in [0, 0.05) is 13.0 Å². The average Bonchev–Trinajstić information content (AvgIpc) is 3.40. The Labute approximate surface area is 210 Å². The van der Waals surface area contributed by atoms with Gasteiger partial charge in [0.25, 0.3) is 0 Å². The molecule has 0 saturated carbocycles. The van der Waals surface area contributed by atoms with Crippen LogP contribution < -0.4 is 9.30 Å². The molecule has 35 heavy (non-hydrogen) atoms. The fourth-order valence-corrected chi connectivity index (χ4v) is 5.26. The van der Waals surface area contributed by atoms with E-state index in [4.69, 9.17) is 9.47 Å². The smallest absolute Gasteiger partial charge is 0.306 e. The molecule has 7 nitrogen and oxygen atoms in total. The Morgan fingerprint density at radius 2 is 1.86 bits per heavy atom. The maximum absolute atomic E-state index is 12.8. The number of thioether (sulfide) groups is 1. The molecule has 0 N–H and O–H groups in total. The Hall–Kier alpha value is -3.26. The van der Waals surface area contributed by atoms with E-state index < -0.39 is 0 Å². The number of imidazole rings is 1. The molecular weight excluding hydrogens is 462 g/mol. The first-order chi connectivity index (χ1) is 17.0. The second-order valence-electron chi connectivity index (χ2n) is 8.64. The topological polar surface area (TPSA) is 64.7 Å². The lowest BCUT2D eigenvalue weighted by Crippen LogP contribution is -2.29. The van der Waals surface area contributed by atoms with Gasteiger partial charge in [-0.2, -0.15) is 0 Å². The van der Waals surface area contributed by atoms with Gasteiger partial charge < -0.3 is 14.4 Å². The summed E-state index contributed by atoms with van der Waals surface area (Å²) >= 11 is 1.67. The molecule has 4 rings (SSSR count). The minimum Gasteiger partial charge on any atom is -0.494 e. The minimum atomic E-state index is -0.212. The van der Waals surface area contributed by atoms with Crippen molar-refractivity contribution in [3.05, 3.63) is 84.4 Å². The van der Waals surface area contributed by atoms with E-state index in [2.05, 4.69) is 0 Å². The van der Waals surface area contributed by atoms with Crippen molar-refractivity contribution in [3.63, 3.8) is 0 Å². The fraction of sp³-hybridized carbons (Fsp3) is 0.370. The molecule has 8 heteroatoms. The highest BCUT2D eigenvalue weighted by Gasteiger charge is 2.38. The van der Waals surface area contributed by atoms with E-state index in [9.17, 15) is 9.59 Å². The summed E-state index contributed by atoms with van der Waals surface area (Å²) in [5.74, 6) is 0.703. The van der Waals surface area contributed by atoms with E-state index in [1.807, 2.05) is 101 Å². The number of hydrogen-bond acceptors (Lipinski definition) is 5. The van der Waals surface area contributed by atoms with Crippen molar-refractivity contribution in [1.29, 1.82) is 0 Å². The molecule has 1 aliphatic rings. The molecule has 1 aliphatic heterocycles. The summed E-state index contributed by atoms with van der Waals surface area (Å²) in [5.41, 5.74) is 2.20. The zero-order chi connectivity index (χ0) is 24.6. The van der Waals surface area contributed by atoms with Gasteiger partial charge >= 0.3 is 5.97 Å². The number of hydrogen-bond donors (Lipinski definition) is 0. The van der Waals surface area contributed by atoms with Crippen molar-refractivity contribution < 1.29 is 23.6 Å². The van der Waals surface area contributed by atoms with E-state index in [0.717, 1.165) is 16.9 Å². The van der Waals surface area contributed by atoms with Crippen LogP contribution in [0.25, 0.3) is 0 Å². The molecule has 2 unspecified atom stereocenters. The van der Waals surface area contributed by atoms with Gasteiger partial charge in [0.1, 0.15) is 36.7 Å². The Morgan fingerprint density at radius 3 is 2.57 bits per heavy atom. The Kier molecular flexibility index (Phi) is 8.47. The van der Waals surface area contributed by atoms with Gasteiger partial charge in [-0.1, -0.05) is 42.5 Å².